The Balaban J connectivity index is 1.91. The van der Waals surface area contributed by atoms with Crippen molar-refractivity contribution in [1.82, 2.24) is 4.90 Å². The molecule has 1 amide bonds. The fraction of sp³-hybridized carbons (Fsp3) is 0.316. The van der Waals surface area contributed by atoms with Gasteiger partial charge in [-0.1, -0.05) is 42.5 Å². The van der Waals surface area contributed by atoms with Gasteiger partial charge < -0.3 is 14.7 Å². The Morgan fingerprint density at radius 2 is 1.78 bits per heavy atom. The topological polar surface area (TPSA) is 49.8 Å². The number of likely N-dealkylation sites (tertiary alicyclic amines) is 1. The third kappa shape index (κ3) is 2.94. The van der Waals surface area contributed by atoms with Crippen LogP contribution in [0.15, 0.2) is 54.6 Å². The molecule has 23 heavy (non-hydrogen) atoms. The average molecular weight is 311 g/mol. The minimum Gasteiger partial charge on any atom is -0.497 e. The summed E-state index contributed by atoms with van der Waals surface area (Å²) in [5, 5.41) is 10.9. The van der Waals surface area contributed by atoms with Gasteiger partial charge in [-0.3, -0.25) is 4.79 Å². The number of amides is 1. The number of rotatable bonds is 4. The Labute approximate surface area is 136 Å². The van der Waals surface area contributed by atoms with Crippen molar-refractivity contribution in [2.24, 2.45) is 0 Å². The van der Waals surface area contributed by atoms with E-state index < -0.39 is 6.10 Å². The van der Waals surface area contributed by atoms with Crippen LogP contribution in [-0.2, 0) is 4.79 Å². The number of aliphatic hydroxyl groups is 1. The summed E-state index contributed by atoms with van der Waals surface area (Å²) in [6.45, 7) is 0. The molecular formula is C19H21NO3. The van der Waals surface area contributed by atoms with E-state index in [9.17, 15) is 9.90 Å². The maximum Gasteiger partial charge on any atom is 0.223 e. The van der Waals surface area contributed by atoms with Crippen molar-refractivity contribution in [3.63, 3.8) is 0 Å². The number of hydrogen-bond acceptors (Lipinski definition) is 3. The van der Waals surface area contributed by atoms with E-state index in [1.807, 2.05) is 54.6 Å². The van der Waals surface area contributed by atoms with Crippen LogP contribution in [0.4, 0.5) is 0 Å². The Hall–Kier alpha value is -2.33. The van der Waals surface area contributed by atoms with Crippen LogP contribution in [0.2, 0.25) is 0 Å². The van der Waals surface area contributed by atoms with E-state index in [2.05, 4.69) is 0 Å². The first-order valence-electron chi connectivity index (χ1n) is 7.74. The van der Waals surface area contributed by atoms with E-state index in [4.69, 9.17) is 4.74 Å². The highest BCUT2D eigenvalue weighted by Gasteiger charge is 2.42. The van der Waals surface area contributed by atoms with E-state index >= 15 is 0 Å². The molecule has 4 nitrogen and oxygen atoms in total. The molecule has 3 rings (SSSR count). The molecule has 0 radical (unpaired) electrons. The summed E-state index contributed by atoms with van der Waals surface area (Å²) in [6.07, 6.45) is -0.305. The fourth-order valence-corrected chi connectivity index (χ4v) is 3.33. The number of carbonyl (C=O) groups excluding carboxylic acids is 1. The second kappa shape index (κ2) is 6.42. The van der Waals surface area contributed by atoms with Gasteiger partial charge in [0.05, 0.1) is 19.3 Å². The molecule has 1 aliphatic rings. The van der Waals surface area contributed by atoms with E-state index in [-0.39, 0.29) is 17.9 Å². The predicted molar refractivity (Wildman–Crippen MR) is 88.3 cm³/mol. The highest BCUT2D eigenvalue weighted by Crippen LogP contribution is 2.40. The Bertz CT molecular complexity index is 669. The first-order valence-corrected chi connectivity index (χ1v) is 7.74. The molecular weight excluding hydrogens is 290 g/mol. The van der Waals surface area contributed by atoms with E-state index in [0.29, 0.717) is 6.42 Å². The molecule has 4 heteroatoms. The molecule has 2 aromatic rings. The maximum atomic E-state index is 12.2. The van der Waals surface area contributed by atoms with Gasteiger partial charge in [-0.05, 0) is 23.3 Å². The number of methoxy groups -OCH3 is 1. The normalized spacial score (nSPS) is 22.2. The number of aliphatic hydroxyl groups excluding tert-OH is 1. The number of likely N-dealkylation sites (N-methyl/N-ethyl adjacent to an activating group) is 1. The number of benzene rings is 2. The van der Waals surface area contributed by atoms with E-state index in [1.54, 1.807) is 19.1 Å². The maximum absolute atomic E-state index is 12.2. The van der Waals surface area contributed by atoms with Gasteiger partial charge in [0.2, 0.25) is 5.91 Å². The average Bonchev–Trinajstić information content (AvgIpc) is 2.90. The van der Waals surface area contributed by atoms with Crippen LogP contribution in [0.5, 0.6) is 5.75 Å². The molecule has 1 saturated heterocycles. The van der Waals surface area contributed by atoms with Gasteiger partial charge in [-0.15, -0.1) is 0 Å². The van der Waals surface area contributed by atoms with Gasteiger partial charge >= 0.3 is 0 Å². The van der Waals surface area contributed by atoms with Gasteiger partial charge in [-0.25, -0.2) is 0 Å². The van der Waals surface area contributed by atoms with Crippen molar-refractivity contribution in [1.29, 1.82) is 0 Å². The summed E-state index contributed by atoms with van der Waals surface area (Å²) < 4.78 is 5.16. The molecule has 120 valence electrons. The minimum atomic E-state index is -0.734. The van der Waals surface area contributed by atoms with Crippen LogP contribution >= 0.6 is 0 Å². The molecule has 0 bridgehead atoms. The number of hydrogen-bond donors (Lipinski definition) is 1. The molecule has 3 atom stereocenters. The summed E-state index contributed by atoms with van der Waals surface area (Å²) in [5.41, 5.74) is 1.88. The molecule has 0 aliphatic carbocycles. The second-order valence-electron chi connectivity index (χ2n) is 5.93. The monoisotopic (exact) mass is 311 g/mol. The first-order chi connectivity index (χ1) is 11.1. The number of ether oxygens (including phenoxy) is 1. The highest BCUT2D eigenvalue weighted by atomic mass is 16.5. The van der Waals surface area contributed by atoms with E-state index in [1.165, 1.54) is 0 Å². The zero-order chi connectivity index (χ0) is 16.4. The lowest BCUT2D eigenvalue weighted by atomic mass is 9.86. The van der Waals surface area contributed by atoms with Crippen molar-refractivity contribution >= 4 is 5.91 Å². The lowest BCUT2D eigenvalue weighted by Crippen LogP contribution is -2.36. The minimum absolute atomic E-state index is 0.00852. The zero-order valence-corrected chi connectivity index (χ0v) is 13.3. The van der Waals surface area contributed by atoms with Crippen molar-refractivity contribution in [3.05, 3.63) is 65.7 Å². The zero-order valence-electron chi connectivity index (χ0n) is 13.3. The van der Waals surface area contributed by atoms with Gasteiger partial charge in [0, 0.05) is 19.4 Å². The Kier molecular flexibility index (Phi) is 4.35. The van der Waals surface area contributed by atoms with Crippen LogP contribution in [0, 0.1) is 0 Å². The van der Waals surface area contributed by atoms with Crippen molar-refractivity contribution in [2.45, 2.75) is 24.5 Å². The molecule has 0 saturated carbocycles. The molecule has 0 aromatic heterocycles. The summed E-state index contributed by atoms with van der Waals surface area (Å²) in [5.74, 6) is 0.804. The van der Waals surface area contributed by atoms with Crippen LogP contribution in [-0.4, -0.2) is 36.1 Å². The van der Waals surface area contributed by atoms with Crippen LogP contribution in [0.25, 0.3) is 0 Å². The van der Waals surface area contributed by atoms with Gasteiger partial charge in [0.25, 0.3) is 0 Å². The summed E-state index contributed by atoms with van der Waals surface area (Å²) in [4.78, 5) is 13.9. The van der Waals surface area contributed by atoms with Gasteiger partial charge in [0.15, 0.2) is 0 Å². The lowest BCUT2D eigenvalue weighted by molar-refractivity contribution is -0.128. The van der Waals surface area contributed by atoms with Gasteiger partial charge in [0.1, 0.15) is 5.75 Å². The molecule has 1 N–H and O–H groups in total. The van der Waals surface area contributed by atoms with Gasteiger partial charge in [-0.2, -0.15) is 0 Å². The Morgan fingerprint density at radius 1 is 1.13 bits per heavy atom. The summed E-state index contributed by atoms with van der Waals surface area (Å²) in [7, 11) is 3.38. The van der Waals surface area contributed by atoms with Crippen molar-refractivity contribution < 1.29 is 14.6 Å². The van der Waals surface area contributed by atoms with Crippen LogP contribution in [0.3, 0.4) is 0 Å². The third-order valence-corrected chi connectivity index (χ3v) is 4.66. The lowest BCUT2D eigenvalue weighted by Gasteiger charge is -2.30. The second-order valence-corrected chi connectivity index (χ2v) is 5.93. The fourth-order valence-electron chi connectivity index (χ4n) is 3.33. The third-order valence-electron chi connectivity index (χ3n) is 4.66. The van der Waals surface area contributed by atoms with Crippen LogP contribution < -0.4 is 4.74 Å². The van der Waals surface area contributed by atoms with Crippen molar-refractivity contribution in [2.75, 3.05) is 14.2 Å². The standard InChI is InChI=1S/C19H21NO3/c1-20-17(21)12-16(13-6-4-3-5-7-13)18(20)19(22)14-8-10-15(23-2)11-9-14/h3-11,16,18-19,22H,12H2,1-2H3/t16-,18-,19+/m1/s1. The molecule has 1 aliphatic heterocycles. The Morgan fingerprint density at radius 3 is 2.39 bits per heavy atom. The molecule has 0 spiro atoms. The molecule has 1 fully saturated rings. The smallest absolute Gasteiger partial charge is 0.223 e. The SMILES string of the molecule is COc1ccc([C@H](O)[C@H]2[C@@H](c3ccccc3)CC(=O)N2C)cc1. The largest absolute Gasteiger partial charge is 0.497 e. The highest BCUT2D eigenvalue weighted by molar-refractivity contribution is 5.80. The van der Waals surface area contributed by atoms with Crippen molar-refractivity contribution in [3.8, 4) is 5.75 Å². The predicted octanol–water partition coefficient (Wildman–Crippen LogP) is 2.74. The first kappa shape index (κ1) is 15.6. The number of nitrogens with zero attached hydrogens (tertiary/aromatic N) is 1. The quantitative estimate of drug-likeness (QED) is 0.944. The summed E-state index contributed by atoms with van der Waals surface area (Å²) >= 11 is 0. The van der Waals surface area contributed by atoms with E-state index in [0.717, 1.165) is 16.9 Å². The number of carbonyl (C=O) groups is 1. The van der Waals surface area contributed by atoms with Crippen LogP contribution in [0.1, 0.15) is 29.6 Å². The summed E-state index contributed by atoms with van der Waals surface area (Å²) in [6, 6.07) is 17.0. The molecule has 1 heterocycles. The molecule has 2 aromatic carbocycles. The molecule has 0 unspecified atom stereocenters.